The van der Waals surface area contributed by atoms with Crippen molar-refractivity contribution < 1.29 is 0 Å². The van der Waals surface area contributed by atoms with E-state index in [1.807, 2.05) is 0 Å². The largest absolute Gasteiger partial charge is 0.325 e. The van der Waals surface area contributed by atoms with Gasteiger partial charge in [0.25, 0.3) is 0 Å². The molecule has 74 valence electrons. The molecule has 3 N–H and O–H groups in total. The summed E-state index contributed by atoms with van der Waals surface area (Å²) in [6.07, 6.45) is 0. The van der Waals surface area contributed by atoms with E-state index in [-0.39, 0.29) is 11.0 Å². The lowest BCUT2D eigenvalue weighted by molar-refractivity contribution is 0.191. The lowest BCUT2D eigenvalue weighted by Gasteiger charge is -2.39. The molecule has 0 saturated carbocycles. The van der Waals surface area contributed by atoms with Crippen LogP contribution in [0.15, 0.2) is 0 Å². The van der Waals surface area contributed by atoms with Crippen LogP contribution >= 0.6 is 0 Å². The van der Waals surface area contributed by atoms with Gasteiger partial charge in [-0.2, -0.15) is 0 Å². The van der Waals surface area contributed by atoms with Crippen LogP contribution < -0.4 is 11.1 Å². The normalized spacial score (nSPS) is 14.0. The molecule has 0 unspecified atom stereocenters. The van der Waals surface area contributed by atoms with E-state index in [1.165, 1.54) is 0 Å². The molecule has 0 heterocycles. The van der Waals surface area contributed by atoms with Crippen molar-refractivity contribution in [3.8, 4) is 0 Å². The van der Waals surface area contributed by atoms with E-state index in [2.05, 4.69) is 46.9 Å². The molecule has 0 saturated heterocycles. The van der Waals surface area contributed by atoms with Gasteiger partial charge in [-0.3, -0.25) is 0 Å². The molecule has 12 heavy (non-hydrogen) atoms. The summed E-state index contributed by atoms with van der Waals surface area (Å²) in [7, 11) is 0. The van der Waals surface area contributed by atoms with Crippen molar-refractivity contribution in [1.82, 2.24) is 5.32 Å². The number of nitrogens with two attached hydrogens (primary N) is 1. The fourth-order valence-electron chi connectivity index (χ4n) is 0.687. The number of rotatable bonds is 4. The number of nitrogens with one attached hydrogen (secondary N) is 1. The SMILES string of the molecule is CC(C)NCC(C)(C)C(C)(C)N. The van der Waals surface area contributed by atoms with Crippen molar-refractivity contribution in [2.45, 2.75) is 53.1 Å². The number of hydrogen-bond acceptors (Lipinski definition) is 2. The van der Waals surface area contributed by atoms with E-state index >= 15 is 0 Å². The van der Waals surface area contributed by atoms with Crippen LogP contribution in [-0.4, -0.2) is 18.1 Å². The predicted octanol–water partition coefficient (Wildman–Crippen LogP) is 1.75. The second-order valence-corrected chi connectivity index (χ2v) is 5.14. The van der Waals surface area contributed by atoms with Crippen LogP contribution in [0.3, 0.4) is 0 Å². The third kappa shape index (κ3) is 3.55. The summed E-state index contributed by atoms with van der Waals surface area (Å²) in [5, 5.41) is 3.41. The smallest absolute Gasteiger partial charge is 0.0161 e. The van der Waals surface area contributed by atoms with Gasteiger partial charge in [0.05, 0.1) is 0 Å². The third-order valence-electron chi connectivity index (χ3n) is 2.70. The highest BCUT2D eigenvalue weighted by Crippen LogP contribution is 2.27. The molecule has 0 fully saturated rings. The molecule has 0 aliphatic rings. The first kappa shape index (κ1) is 11.9. The molecule has 0 aliphatic heterocycles. The van der Waals surface area contributed by atoms with Crippen LogP contribution in [0.4, 0.5) is 0 Å². The van der Waals surface area contributed by atoms with Crippen molar-refractivity contribution in [2.75, 3.05) is 6.54 Å². The molecule has 2 nitrogen and oxygen atoms in total. The fraction of sp³-hybridized carbons (Fsp3) is 1.00. The highest BCUT2D eigenvalue weighted by molar-refractivity contribution is 4.91. The number of hydrogen-bond donors (Lipinski definition) is 2. The van der Waals surface area contributed by atoms with E-state index in [0.29, 0.717) is 6.04 Å². The van der Waals surface area contributed by atoms with Gasteiger partial charge in [0, 0.05) is 18.1 Å². The van der Waals surface area contributed by atoms with Crippen LogP contribution in [0.1, 0.15) is 41.5 Å². The minimum absolute atomic E-state index is 0.130. The molecule has 0 aromatic heterocycles. The van der Waals surface area contributed by atoms with E-state index in [4.69, 9.17) is 5.73 Å². The summed E-state index contributed by atoms with van der Waals surface area (Å²) in [5.74, 6) is 0. The lowest BCUT2D eigenvalue weighted by atomic mass is 9.75. The second-order valence-electron chi connectivity index (χ2n) is 5.14. The average Bonchev–Trinajstić information content (AvgIpc) is 1.81. The second kappa shape index (κ2) is 3.75. The Morgan fingerprint density at radius 3 is 1.83 bits per heavy atom. The monoisotopic (exact) mass is 172 g/mol. The summed E-state index contributed by atoms with van der Waals surface area (Å²) in [5.41, 5.74) is 6.07. The van der Waals surface area contributed by atoms with E-state index < -0.39 is 0 Å². The maximum Gasteiger partial charge on any atom is 0.0161 e. The quantitative estimate of drug-likeness (QED) is 0.678. The lowest BCUT2D eigenvalue weighted by Crippen LogP contribution is -2.53. The Morgan fingerprint density at radius 2 is 1.58 bits per heavy atom. The molecule has 0 aromatic carbocycles. The fourth-order valence-corrected chi connectivity index (χ4v) is 0.687. The maximum absolute atomic E-state index is 6.06. The first-order valence-electron chi connectivity index (χ1n) is 4.69. The molecule has 0 amide bonds. The zero-order valence-electron chi connectivity index (χ0n) is 9.36. The van der Waals surface area contributed by atoms with Crippen LogP contribution in [0.2, 0.25) is 0 Å². The first-order chi connectivity index (χ1) is 5.17. The highest BCUT2D eigenvalue weighted by Gasteiger charge is 2.32. The molecule has 0 spiro atoms. The van der Waals surface area contributed by atoms with E-state index in [9.17, 15) is 0 Å². The van der Waals surface area contributed by atoms with Crippen molar-refractivity contribution in [3.63, 3.8) is 0 Å². The van der Waals surface area contributed by atoms with Crippen LogP contribution in [0.25, 0.3) is 0 Å². The molecule has 0 aliphatic carbocycles. The Hall–Kier alpha value is -0.0800. The van der Waals surface area contributed by atoms with Gasteiger partial charge >= 0.3 is 0 Å². The van der Waals surface area contributed by atoms with Gasteiger partial charge in [-0.1, -0.05) is 27.7 Å². The van der Waals surface area contributed by atoms with Gasteiger partial charge < -0.3 is 11.1 Å². The summed E-state index contributed by atoms with van der Waals surface area (Å²) < 4.78 is 0. The summed E-state index contributed by atoms with van der Waals surface area (Å²) in [6, 6.07) is 0.534. The maximum atomic E-state index is 6.06. The standard InChI is InChI=1S/C10H24N2/c1-8(2)12-7-9(3,4)10(5,6)11/h8,12H,7,11H2,1-6H3. The van der Waals surface area contributed by atoms with Crippen LogP contribution in [-0.2, 0) is 0 Å². The molecular weight excluding hydrogens is 148 g/mol. The minimum atomic E-state index is -0.130. The first-order valence-corrected chi connectivity index (χ1v) is 4.69. The molecule has 0 radical (unpaired) electrons. The topological polar surface area (TPSA) is 38.0 Å². The van der Waals surface area contributed by atoms with Gasteiger partial charge in [-0.25, -0.2) is 0 Å². The van der Waals surface area contributed by atoms with Gasteiger partial charge in [-0.15, -0.1) is 0 Å². The van der Waals surface area contributed by atoms with Crippen LogP contribution in [0.5, 0.6) is 0 Å². The van der Waals surface area contributed by atoms with Crippen molar-refractivity contribution >= 4 is 0 Å². The van der Waals surface area contributed by atoms with Gasteiger partial charge in [0.2, 0.25) is 0 Å². The zero-order chi connectivity index (χ0) is 9.99. The zero-order valence-corrected chi connectivity index (χ0v) is 9.36. The molecule has 0 bridgehead atoms. The Labute approximate surface area is 76.9 Å². The summed E-state index contributed by atoms with van der Waals surface area (Å²) in [4.78, 5) is 0. The third-order valence-corrected chi connectivity index (χ3v) is 2.70. The van der Waals surface area contributed by atoms with Gasteiger partial charge in [0.15, 0.2) is 0 Å². The molecule has 0 atom stereocenters. The van der Waals surface area contributed by atoms with Crippen molar-refractivity contribution in [2.24, 2.45) is 11.1 Å². The van der Waals surface area contributed by atoms with Crippen molar-refractivity contribution in [3.05, 3.63) is 0 Å². The van der Waals surface area contributed by atoms with Crippen LogP contribution in [0, 0.1) is 5.41 Å². The summed E-state index contributed by atoms with van der Waals surface area (Å²) in [6.45, 7) is 13.8. The van der Waals surface area contributed by atoms with Gasteiger partial charge in [0.1, 0.15) is 0 Å². The summed E-state index contributed by atoms with van der Waals surface area (Å²) >= 11 is 0. The predicted molar refractivity (Wildman–Crippen MR) is 55.2 cm³/mol. The van der Waals surface area contributed by atoms with Gasteiger partial charge in [-0.05, 0) is 19.3 Å². The Kier molecular flexibility index (Phi) is 3.73. The highest BCUT2D eigenvalue weighted by atomic mass is 14.9. The van der Waals surface area contributed by atoms with Crippen molar-refractivity contribution in [1.29, 1.82) is 0 Å². The molecule has 2 heteroatoms. The van der Waals surface area contributed by atoms with E-state index in [0.717, 1.165) is 6.54 Å². The van der Waals surface area contributed by atoms with E-state index in [1.54, 1.807) is 0 Å². The molecular formula is C10H24N2. The average molecular weight is 172 g/mol. The Morgan fingerprint density at radius 1 is 1.17 bits per heavy atom. The molecule has 0 aromatic rings. The Balaban J connectivity index is 4.05. The minimum Gasteiger partial charge on any atom is -0.325 e. The molecule has 0 rings (SSSR count). The Bertz CT molecular complexity index is 131.